The van der Waals surface area contributed by atoms with Gasteiger partial charge >= 0.3 is 0 Å². The molecule has 112 valence electrons. The lowest BCUT2D eigenvalue weighted by Gasteiger charge is -2.12. The van der Waals surface area contributed by atoms with Crippen molar-refractivity contribution in [2.75, 3.05) is 0 Å². The van der Waals surface area contributed by atoms with Gasteiger partial charge in [0.25, 0.3) is 0 Å². The van der Waals surface area contributed by atoms with Crippen molar-refractivity contribution < 1.29 is 9.13 Å². The molecular formula is C14H15ClFN3OS. The van der Waals surface area contributed by atoms with E-state index in [-0.39, 0.29) is 17.2 Å². The summed E-state index contributed by atoms with van der Waals surface area (Å²) >= 11 is 11.1. The first kappa shape index (κ1) is 15.7. The van der Waals surface area contributed by atoms with Crippen molar-refractivity contribution in [3.05, 3.63) is 46.0 Å². The lowest BCUT2D eigenvalue weighted by molar-refractivity contribution is 0.290. The van der Waals surface area contributed by atoms with E-state index in [4.69, 9.17) is 34.3 Å². The molecule has 0 saturated heterocycles. The number of ether oxygens (including phenoxy) is 1. The predicted octanol–water partition coefficient (Wildman–Crippen LogP) is 3.22. The standard InChI is InChI=1S/C14H15ClFN3OS/c1-3-19-10(13(15)8(2)18-19)7-20-11-6-4-5-9(16)12(11)14(17)21/h4-6H,3,7H2,1-2H3,(H2,17,21). The molecule has 0 saturated carbocycles. The van der Waals surface area contributed by atoms with Crippen molar-refractivity contribution >= 4 is 28.8 Å². The largest absolute Gasteiger partial charge is 0.486 e. The Balaban J connectivity index is 2.29. The highest BCUT2D eigenvalue weighted by Crippen LogP contribution is 2.25. The molecule has 0 spiro atoms. The van der Waals surface area contributed by atoms with Crippen LogP contribution in [0, 0.1) is 12.7 Å². The fourth-order valence-corrected chi connectivity index (χ4v) is 2.40. The average molecular weight is 328 g/mol. The highest BCUT2D eigenvalue weighted by Gasteiger charge is 2.16. The second kappa shape index (κ2) is 6.41. The van der Waals surface area contributed by atoms with Crippen molar-refractivity contribution in [3.63, 3.8) is 0 Å². The fraction of sp³-hybridized carbons (Fsp3) is 0.286. The summed E-state index contributed by atoms with van der Waals surface area (Å²) in [7, 11) is 0. The zero-order valence-electron chi connectivity index (χ0n) is 11.7. The average Bonchev–Trinajstić information content (AvgIpc) is 2.71. The number of benzene rings is 1. The molecule has 0 atom stereocenters. The number of thiocarbonyl (C=S) groups is 1. The molecule has 2 aromatic rings. The Labute approximate surface area is 132 Å². The molecule has 4 nitrogen and oxygen atoms in total. The molecule has 7 heteroatoms. The normalized spacial score (nSPS) is 10.7. The molecule has 0 fully saturated rings. The molecule has 1 aromatic carbocycles. The number of aromatic nitrogens is 2. The summed E-state index contributed by atoms with van der Waals surface area (Å²) in [5.74, 6) is -0.216. The third-order valence-corrected chi connectivity index (χ3v) is 3.73. The third kappa shape index (κ3) is 3.16. The van der Waals surface area contributed by atoms with Gasteiger partial charge in [-0.05, 0) is 26.0 Å². The first-order valence-electron chi connectivity index (χ1n) is 6.38. The Bertz CT molecular complexity index is 687. The van der Waals surface area contributed by atoms with Gasteiger partial charge in [0.05, 0.1) is 22.0 Å². The monoisotopic (exact) mass is 327 g/mol. The van der Waals surface area contributed by atoms with Crippen molar-refractivity contribution in [3.8, 4) is 5.75 Å². The van der Waals surface area contributed by atoms with Gasteiger partial charge in [0, 0.05) is 6.54 Å². The predicted molar refractivity (Wildman–Crippen MR) is 84.3 cm³/mol. The molecule has 0 radical (unpaired) electrons. The molecule has 0 bridgehead atoms. The van der Waals surface area contributed by atoms with Gasteiger partial charge in [-0.1, -0.05) is 29.9 Å². The van der Waals surface area contributed by atoms with Crippen LogP contribution in [0.4, 0.5) is 4.39 Å². The zero-order valence-corrected chi connectivity index (χ0v) is 13.3. The van der Waals surface area contributed by atoms with Crippen LogP contribution in [0.1, 0.15) is 23.9 Å². The van der Waals surface area contributed by atoms with Gasteiger partial charge in [0.2, 0.25) is 0 Å². The van der Waals surface area contributed by atoms with E-state index in [0.717, 1.165) is 11.4 Å². The number of hydrogen-bond donors (Lipinski definition) is 1. The van der Waals surface area contributed by atoms with E-state index < -0.39 is 5.82 Å². The van der Waals surface area contributed by atoms with Crippen LogP contribution >= 0.6 is 23.8 Å². The third-order valence-electron chi connectivity index (χ3n) is 3.04. The SMILES string of the molecule is CCn1nc(C)c(Cl)c1COc1cccc(F)c1C(N)=S. The summed E-state index contributed by atoms with van der Waals surface area (Å²) < 4.78 is 21.2. The van der Waals surface area contributed by atoms with E-state index >= 15 is 0 Å². The van der Waals surface area contributed by atoms with Crippen LogP contribution in [0.3, 0.4) is 0 Å². The van der Waals surface area contributed by atoms with E-state index in [2.05, 4.69) is 5.10 Å². The van der Waals surface area contributed by atoms with Crippen molar-refractivity contribution in [2.45, 2.75) is 27.0 Å². The highest BCUT2D eigenvalue weighted by molar-refractivity contribution is 7.80. The van der Waals surface area contributed by atoms with Crippen LogP contribution in [0.25, 0.3) is 0 Å². The molecule has 2 N–H and O–H groups in total. The van der Waals surface area contributed by atoms with Gasteiger partial charge in [-0.15, -0.1) is 0 Å². The van der Waals surface area contributed by atoms with Gasteiger partial charge in [-0.25, -0.2) is 4.39 Å². The molecule has 0 aliphatic heterocycles. The van der Waals surface area contributed by atoms with Crippen LogP contribution in [0.15, 0.2) is 18.2 Å². The number of rotatable bonds is 5. The summed E-state index contributed by atoms with van der Waals surface area (Å²) in [6, 6.07) is 4.44. The van der Waals surface area contributed by atoms with Gasteiger partial charge in [-0.3, -0.25) is 4.68 Å². The number of aryl methyl sites for hydroxylation is 2. The molecule has 2 rings (SSSR count). The first-order valence-corrected chi connectivity index (χ1v) is 7.17. The summed E-state index contributed by atoms with van der Waals surface area (Å²) in [6.45, 7) is 4.60. The molecule has 0 aliphatic carbocycles. The van der Waals surface area contributed by atoms with E-state index in [1.54, 1.807) is 10.7 Å². The number of halogens is 2. The Morgan fingerprint density at radius 2 is 2.24 bits per heavy atom. The minimum atomic E-state index is -0.508. The Hall–Kier alpha value is -1.66. The van der Waals surface area contributed by atoms with Crippen LogP contribution in [0.5, 0.6) is 5.75 Å². The maximum Gasteiger partial charge on any atom is 0.137 e. The smallest absolute Gasteiger partial charge is 0.137 e. The summed E-state index contributed by atoms with van der Waals surface area (Å²) in [6.07, 6.45) is 0. The summed E-state index contributed by atoms with van der Waals surface area (Å²) in [5, 5.41) is 4.84. The number of nitrogens with zero attached hydrogens (tertiary/aromatic N) is 2. The fourth-order valence-electron chi connectivity index (χ4n) is 2.02. The quantitative estimate of drug-likeness (QED) is 0.857. The molecule has 1 heterocycles. The Morgan fingerprint density at radius 1 is 1.52 bits per heavy atom. The van der Waals surface area contributed by atoms with Gasteiger partial charge in [0.1, 0.15) is 23.2 Å². The highest BCUT2D eigenvalue weighted by atomic mass is 35.5. The molecular weight excluding hydrogens is 313 g/mol. The maximum absolute atomic E-state index is 13.8. The van der Waals surface area contributed by atoms with Gasteiger partial charge in [0.15, 0.2) is 0 Å². The van der Waals surface area contributed by atoms with Crippen LogP contribution in [-0.2, 0) is 13.2 Å². The van der Waals surface area contributed by atoms with Crippen molar-refractivity contribution in [1.29, 1.82) is 0 Å². The molecule has 0 unspecified atom stereocenters. The second-order valence-corrected chi connectivity index (χ2v) is 5.25. The number of hydrogen-bond acceptors (Lipinski definition) is 3. The molecule has 21 heavy (non-hydrogen) atoms. The van der Waals surface area contributed by atoms with Crippen LogP contribution in [-0.4, -0.2) is 14.8 Å². The van der Waals surface area contributed by atoms with E-state index in [1.807, 2.05) is 13.8 Å². The molecule has 1 aromatic heterocycles. The Kier molecular flexibility index (Phi) is 4.80. The maximum atomic E-state index is 13.8. The van der Waals surface area contributed by atoms with E-state index in [0.29, 0.717) is 17.3 Å². The van der Waals surface area contributed by atoms with E-state index in [9.17, 15) is 4.39 Å². The second-order valence-electron chi connectivity index (χ2n) is 4.43. The topological polar surface area (TPSA) is 53.1 Å². The van der Waals surface area contributed by atoms with Crippen LogP contribution < -0.4 is 10.5 Å². The lowest BCUT2D eigenvalue weighted by Crippen LogP contribution is -2.14. The lowest BCUT2D eigenvalue weighted by atomic mass is 10.2. The molecule has 0 aliphatic rings. The first-order chi connectivity index (χ1) is 9.95. The van der Waals surface area contributed by atoms with Crippen LogP contribution in [0.2, 0.25) is 5.02 Å². The van der Waals surface area contributed by atoms with E-state index in [1.165, 1.54) is 12.1 Å². The number of nitrogens with two attached hydrogens (primary N) is 1. The minimum Gasteiger partial charge on any atom is -0.486 e. The molecule has 0 amide bonds. The summed E-state index contributed by atoms with van der Waals surface area (Å²) in [4.78, 5) is -0.0469. The Morgan fingerprint density at radius 3 is 2.86 bits per heavy atom. The summed E-state index contributed by atoms with van der Waals surface area (Å²) in [5.41, 5.74) is 7.10. The zero-order chi connectivity index (χ0) is 15.6. The van der Waals surface area contributed by atoms with Gasteiger partial charge in [-0.2, -0.15) is 5.10 Å². The van der Waals surface area contributed by atoms with Crippen molar-refractivity contribution in [1.82, 2.24) is 9.78 Å². The minimum absolute atomic E-state index is 0.0469. The van der Waals surface area contributed by atoms with Gasteiger partial charge < -0.3 is 10.5 Å². The van der Waals surface area contributed by atoms with Crippen molar-refractivity contribution in [2.24, 2.45) is 5.73 Å².